The molecule has 0 radical (unpaired) electrons. The number of anilines is 1. The van der Waals surface area contributed by atoms with Crippen LogP contribution < -0.4 is 10.1 Å². The Morgan fingerprint density at radius 3 is 2.20 bits per heavy atom. The second kappa shape index (κ2) is 14.0. The number of aromatic nitrogens is 2. The molecule has 0 spiro atoms. The molecule has 0 unspecified atom stereocenters. The number of imidazole rings is 1. The molecule has 4 aromatic rings. The second-order valence-electron chi connectivity index (χ2n) is 11.7. The largest absolute Gasteiger partial charge is 0.494 e. The van der Waals surface area contributed by atoms with E-state index >= 15 is 0 Å². The van der Waals surface area contributed by atoms with Gasteiger partial charge in [-0.05, 0) is 64.9 Å². The zero-order valence-corrected chi connectivity index (χ0v) is 24.7. The maximum Gasteiger partial charge on any atom is 0.326 e. The van der Waals surface area contributed by atoms with E-state index in [1.54, 1.807) is 0 Å². The molecule has 6 nitrogen and oxygen atoms in total. The minimum atomic E-state index is -0.881. The number of carbonyl (C=O) groups is 1. The second-order valence-corrected chi connectivity index (χ2v) is 11.7. The highest BCUT2D eigenvalue weighted by atomic mass is 16.5. The normalized spacial score (nSPS) is 12.2. The monoisotopic (exact) mass is 553 g/mol. The van der Waals surface area contributed by atoms with Crippen molar-refractivity contribution in [3.05, 3.63) is 90.1 Å². The van der Waals surface area contributed by atoms with Gasteiger partial charge in [-0.15, -0.1) is 0 Å². The van der Waals surface area contributed by atoms with Crippen LogP contribution in [0.2, 0.25) is 0 Å². The first kappa shape index (κ1) is 29.9. The molecule has 0 bridgehead atoms. The molecule has 6 heteroatoms. The van der Waals surface area contributed by atoms with Gasteiger partial charge in [0.2, 0.25) is 0 Å². The number of hydrogen-bond donors (Lipinski definition) is 3. The van der Waals surface area contributed by atoms with Crippen molar-refractivity contribution in [2.45, 2.75) is 77.7 Å². The molecule has 0 fully saturated rings. The number of carboxylic acid groups (broad SMARTS) is 1. The van der Waals surface area contributed by atoms with Gasteiger partial charge in [-0.2, -0.15) is 0 Å². The summed E-state index contributed by atoms with van der Waals surface area (Å²) >= 11 is 0. The zero-order valence-electron chi connectivity index (χ0n) is 24.7. The SMILES string of the molecule is CCCCCCCOc1ccc(-c2cnc(-c3ccc(C[C@H](Nc4ccc(C(C)(C)C)cc4)C(=O)O)cc3)[nH]2)cc1. The molecule has 1 atom stereocenters. The highest BCUT2D eigenvalue weighted by Crippen LogP contribution is 2.26. The Kier molecular flexibility index (Phi) is 10.2. The molecule has 41 heavy (non-hydrogen) atoms. The Hall–Kier alpha value is -4.06. The average molecular weight is 554 g/mol. The number of H-pyrrole nitrogens is 1. The van der Waals surface area contributed by atoms with Gasteiger partial charge in [0.25, 0.3) is 0 Å². The molecule has 4 rings (SSSR count). The lowest BCUT2D eigenvalue weighted by molar-refractivity contribution is -0.137. The summed E-state index contributed by atoms with van der Waals surface area (Å²) in [4.78, 5) is 20.0. The predicted molar refractivity (Wildman–Crippen MR) is 168 cm³/mol. The van der Waals surface area contributed by atoms with E-state index in [0.717, 1.165) is 52.7 Å². The topological polar surface area (TPSA) is 87.2 Å². The lowest BCUT2D eigenvalue weighted by Crippen LogP contribution is -2.31. The summed E-state index contributed by atoms with van der Waals surface area (Å²) in [6, 6.07) is 23.2. The van der Waals surface area contributed by atoms with Crippen LogP contribution in [0.25, 0.3) is 22.6 Å². The van der Waals surface area contributed by atoms with Crippen molar-refractivity contribution >= 4 is 11.7 Å². The van der Waals surface area contributed by atoms with E-state index in [1.807, 2.05) is 79.0 Å². The molecule has 0 aliphatic heterocycles. The first-order chi connectivity index (χ1) is 19.7. The van der Waals surface area contributed by atoms with Gasteiger partial charge < -0.3 is 20.1 Å². The Balaban J connectivity index is 1.33. The number of aromatic amines is 1. The lowest BCUT2D eigenvalue weighted by atomic mass is 9.87. The summed E-state index contributed by atoms with van der Waals surface area (Å²) in [6.07, 6.45) is 8.32. The van der Waals surface area contributed by atoms with Crippen LogP contribution in [0.15, 0.2) is 79.0 Å². The highest BCUT2D eigenvalue weighted by molar-refractivity contribution is 5.78. The molecular weight excluding hydrogens is 510 g/mol. The first-order valence-corrected chi connectivity index (χ1v) is 14.7. The minimum Gasteiger partial charge on any atom is -0.494 e. The Morgan fingerprint density at radius 1 is 0.902 bits per heavy atom. The first-order valence-electron chi connectivity index (χ1n) is 14.7. The van der Waals surface area contributed by atoms with Crippen molar-refractivity contribution < 1.29 is 14.6 Å². The molecule has 1 aromatic heterocycles. The van der Waals surface area contributed by atoms with Crippen LogP contribution in [0.3, 0.4) is 0 Å². The van der Waals surface area contributed by atoms with Crippen LogP contribution in [0, 0.1) is 0 Å². The van der Waals surface area contributed by atoms with Crippen molar-refractivity contribution in [1.29, 1.82) is 0 Å². The highest BCUT2D eigenvalue weighted by Gasteiger charge is 2.19. The molecule has 0 saturated carbocycles. The number of unbranched alkanes of at least 4 members (excludes halogenated alkanes) is 4. The van der Waals surface area contributed by atoms with Crippen molar-refractivity contribution in [1.82, 2.24) is 9.97 Å². The third-order valence-electron chi connectivity index (χ3n) is 7.31. The number of ether oxygens (including phenoxy) is 1. The van der Waals surface area contributed by atoms with Crippen molar-refractivity contribution in [3.63, 3.8) is 0 Å². The summed E-state index contributed by atoms with van der Waals surface area (Å²) in [5.41, 5.74) is 5.92. The lowest BCUT2D eigenvalue weighted by Gasteiger charge is -2.20. The number of carboxylic acids is 1. The van der Waals surface area contributed by atoms with Crippen LogP contribution in [-0.2, 0) is 16.6 Å². The van der Waals surface area contributed by atoms with Gasteiger partial charge in [-0.25, -0.2) is 9.78 Å². The number of hydrogen-bond acceptors (Lipinski definition) is 4. The maximum absolute atomic E-state index is 12.0. The summed E-state index contributed by atoms with van der Waals surface area (Å²) in [5.74, 6) is 0.773. The van der Waals surface area contributed by atoms with E-state index in [9.17, 15) is 9.90 Å². The van der Waals surface area contributed by atoms with Gasteiger partial charge in [0.05, 0.1) is 18.5 Å². The van der Waals surface area contributed by atoms with Gasteiger partial charge >= 0.3 is 5.97 Å². The number of nitrogens with one attached hydrogen (secondary N) is 2. The number of benzene rings is 3. The van der Waals surface area contributed by atoms with Crippen LogP contribution in [0.4, 0.5) is 5.69 Å². The van der Waals surface area contributed by atoms with Crippen LogP contribution in [-0.4, -0.2) is 33.7 Å². The summed E-state index contributed by atoms with van der Waals surface area (Å²) in [6.45, 7) is 9.45. The Labute approximate surface area is 244 Å². The van der Waals surface area contributed by atoms with Crippen molar-refractivity contribution in [3.8, 4) is 28.4 Å². The average Bonchev–Trinajstić information content (AvgIpc) is 3.45. The van der Waals surface area contributed by atoms with E-state index in [0.29, 0.717) is 6.42 Å². The van der Waals surface area contributed by atoms with E-state index in [1.165, 1.54) is 31.2 Å². The molecular formula is C35H43N3O3. The van der Waals surface area contributed by atoms with Crippen molar-refractivity contribution in [2.24, 2.45) is 0 Å². The van der Waals surface area contributed by atoms with E-state index in [2.05, 4.69) is 43.0 Å². The molecule has 3 aromatic carbocycles. The van der Waals surface area contributed by atoms with Gasteiger partial charge in [0.15, 0.2) is 0 Å². The number of rotatable bonds is 14. The fourth-order valence-electron chi connectivity index (χ4n) is 4.74. The summed E-state index contributed by atoms with van der Waals surface area (Å²) < 4.78 is 5.89. The third kappa shape index (κ3) is 8.71. The zero-order chi connectivity index (χ0) is 29.2. The maximum atomic E-state index is 12.0. The standard InChI is InChI=1S/C35H43N3O3/c1-5-6-7-8-9-22-41-30-20-14-26(15-21-30)32-24-36-33(38-32)27-12-10-25(11-13-27)23-31(34(39)40)37-29-18-16-28(17-19-29)35(2,3)4/h10-21,24,31,37H,5-9,22-23H2,1-4H3,(H,36,38)(H,39,40)/t31-/m0/s1. The summed E-state index contributed by atoms with van der Waals surface area (Å²) in [5, 5.41) is 13.0. The molecule has 0 aliphatic carbocycles. The van der Waals surface area contributed by atoms with Gasteiger partial charge in [0, 0.05) is 17.7 Å². The molecule has 0 saturated heterocycles. The van der Waals surface area contributed by atoms with Gasteiger partial charge in [0.1, 0.15) is 17.6 Å². The number of aliphatic carboxylic acids is 1. The van der Waals surface area contributed by atoms with Crippen LogP contribution in [0.1, 0.15) is 70.9 Å². The van der Waals surface area contributed by atoms with Gasteiger partial charge in [-0.3, -0.25) is 0 Å². The minimum absolute atomic E-state index is 0.0494. The predicted octanol–water partition coefficient (Wildman–Crippen LogP) is 8.50. The van der Waals surface area contributed by atoms with Gasteiger partial charge in [-0.1, -0.05) is 89.8 Å². The van der Waals surface area contributed by atoms with Crippen LogP contribution in [0.5, 0.6) is 5.75 Å². The van der Waals surface area contributed by atoms with E-state index < -0.39 is 12.0 Å². The third-order valence-corrected chi connectivity index (χ3v) is 7.31. The Bertz CT molecular complexity index is 1370. The number of nitrogens with zero attached hydrogens (tertiary/aromatic N) is 1. The molecule has 216 valence electrons. The van der Waals surface area contributed by atoms with E-state index in [-0.39, 0.29) is 5.41 Å². The molecule has 3 N–H and O–H groups in total. The fraction of sp³-hybridized carbons (Fsp3) is 0.371. The van der Waals surface area contributed by atoms with Crippen LogP contribution >= 0.6 is 0 Å². The fourth-order valence-corrected chi connectivity index (χ4v) is 4.74. The Morgan fingerprint density at radius 2 is 1.56 bits per heavy atom. The summed E-state index contributed by atoms with van der Waals surface area (Å²) in [7, 11) is 0. The molecule has 0 aliphatic rings. The smallest absolute Gasteiger partial charge is 0.326 e. The van der Waals surface area contributed by atoms with Crippen molar-refractivity contribution in [2.75, 3.05) is 11.9 Å². The molecule has 1 heterocycles. The molecule has 0 amide bonds. The quantitative estimate of drug-likeness (QED) is 0.136. The van der Waals surface area contributed by atoms with E-state index in [4.69, 9.17) is 4.74 Å².